The maximum Gasteiger partial charge on any atom is 0.472 e. The Hall–Kier alpha value is -3.03. The summed E-state index contributed by atoms with van der Waals surface area (Å²) in [4.78, 5) is 73.9. The molecule has 15 heteroatoms. The smallest absolute Gasteiger partial charge is 0.465 e. The van der Waals surface area contributed by atoms with E-state index in [9.17, 15) is 38.8 Å². The number of ketones is 2. The zero-order chi connectivity index (χ0) is 36.3. The Morgan fingerprint density at radius 3 is 1.89 bits per heavy atom. The van der Waals surface area contributed by atoms with Gasteiger partial charge in [-0.15, -0.1) is 0 Å². The molecule has 47 heavy (non-hydrogen) atoms. The second-order valence-electron chi connectivity index (χ2n) is 13.9. The van der Waals surface area contributed by atoms with Gasteiger partial charge in [-0.25, -0.2) is 4.57 Å². The van der Waals surface area contributed by atoms with E-state index in [2.05, 4.69) is 0 Å². The van der Waals surface area contributed by atoms with Gasteiger partial charge in [-0.1, -0.05) is 34.1 Å². The Kier molecular flexibility index (Phi) is 15.5. The van der Waals surface area contributed by atoms with E-state index < -0.39 is 59.1 Å². The quantitative estimate of drug-likeness (QED) is 0.0243. The van der Waals surface area contributed by atoms with Crippen molar-refractivity contribution in [2.45, 2.75) is 73.6 Å². The summed E-state index contributed by atoms with van der Waals surface area (Å²) in [5, 5.41) is 11.0. The third-order valence-corrected chi connectivity index (χ3v) is 8.88. The molecule has 3 atom stereocenters. The van der Waals surface area contributed by atoms with Crippen LogP contribution in [0.15, 0.2) is 24.3 Å². The number of nitro groups is 1. The van der Waals surface area contributed by atoms with Crippen molar-refractivity contribution in [3.05, 3.63) is 39.9 Å². The predicted octanol–water partition coefficient (Wildman–Crippen LogP) is 5.30. The first-order valence-corrected chi connectivity index (χ1v) is 17.1. The van der Waals surface area contributed by atoms with E-state index in [4.69, 9.17) is 18.5 Å². The Morgan fingerprint density at radius 2 is 1.38 bits per heavy atom. The van der Waals surface area contributed by atoms with E-state index in [1.807, 2.05) is 28.1 Å². The summed E-state index contributed by atoms with van der Waals surface area (Å²) in [6.45, 7) is 9.69. The molecule has 1 N–H and O–H groups in total. The number of carbonyl (C=O) groups is 4. The topological polar surface area (TPSA) is 186 Å². The number of carbonyl (C=O) groups excluding carboxylic acids is 4. The second kappa shape index (κ2) is 17.4. The van der Waals surface area contributed by atoms with Crippen LogP contribution in [0.2, 0.25) is 0 Å². The second-order valence-corrected chi connectivity index (χ2v) is 15.4. The molecule has 0 fully saturated rings. The number of esters is 2. The Morgan fingerprint density at radius 1 is 0.851 bits per heavy atom. The molecule has 0 heterocycles. The highest BCUT2D eigenvalue weighted by Crippen LogP contribution is 2.46. The highest BCUT2D eigenvalue weighted by Gasteiger charge is 2.50. The summed E-state index contributed by atoms with van der Waals surface area (Å²) in [5.74, 6) is -3.01. The summed E-state index contributed by atoms with van der Waals surface area (Å²) in [6, 6.07) is 4.66. The molecule has 0 saturated carbocycles. The molecule has 0 amide bonds. The molecule has 3 unspecified atom stereocenters. The SMILES string of the molecule is CCCCOC(=O)C(C)(CC(C)(C)C(=O)C(=O)c1ccc([N+](=O)[O-])cc1)CC(C)(CC)C(=O)OCCOP(=O)(O)OCC[N+](C)(C)C. The highest BCUT2D eigenvalue weighted by molar-refractivity contribution is 7.47. The lowest BCUT2D eigenvalue weighted by molar-refractivity contribution is -0.870. The minimum atomic E-state index is -4.37. The summed E-state index contributed by atoms with van der Waals surface area (Å²) in [7, 11) is 1.32. The van der Waals surface area contributed by atoms with Gasteiger partial charge in [0.1, 0.15) is 19.8 Å². The van der Waals surface area contributed by atoms with E-state index in [1.165, 1.54) is 26.0 Å². The standard InChI is InChI=1S/C32H51N2O12P/c1-10-12-18-43-29(38)32(6,22-30(3,4)27(36)26(35)24-13-15-25(16-14-24)33(39)40)23-31(5,11-2)28(37)44-20-21-46-47(41,42)45-19-17-34(7,8)9/h13-16H,10-12,17-23H2,1-9H3/p+1. The van der Waals surface area contributed by atoms with Crippen LogP contribution < -0.4 is 0 Å². The molecule has 0 aliphatic carbocycles. The summed E-state index contributed by atoms with van der Waals surface area (Å²) in [6.07, 6.45) is 1.33. The van der Waals surface area contributed by atoms with Crippen LogP contribution in [-0.2, 0) is 37.5 Å². The van der Waals surface area contributed by atoms with Crippen molar-refractivity contribution in [2.75, 3.05) is 54.1 Å². The van der Waals surface area contributed by atoms with E-state index in [-0.39, 0.29) is 50.3 Å². The first-order chi connectivity index (χ1) is 21.5. The zero-order valence-electron chi connectivity index (χ0n) is 29.2. The maximum absolute atomic E-state index is 13.6. The molecule has 0 radical (unpaired) electrons. The van der Waals surface area contributed by atoms with Gasteiger partial charge in [-0.05, 0) is 51.7 Å². The van der Waals surface area contributed by atoms with Gasteiger partial charge in [0.05, 0.1) is 50.1 Å². The summed E-state index contributed by atoms with van der Waals surface area (Å²) < 4.78 is 33.5. The van der Waals surface area contributed by atoms with Crippen LogP contribution in [0.1, 0.15) is 84.0 Å². The van der Waals surface area contributed by atoms with Crippen LogP contribution in [0.5, 0.6) is 0 Å². The van der Waals surface area contributed by atoms with Crippen LogP contribution in [0.3, 0.4) is 0 Å². The first-order valence-electron chi connectivity index (χ1n) is 15.6. The number of benzene rings is 1. The molecule has 0 aliphatic rings. The van der Waals surface area contributed by atoms with Crippen molar-refractivity contribution in [2.24, 2.45) is 16.2 Å². The Balaban J connectivity index is 3.12. The molecular weight excluding hydrogens is 635 g/mol. The lowest BCUT2D eigenvalue weighted by Gasteiger charge is -2.39. The van der Waals surface area contributed by atoms with E-state index in [1.54, 1.807) is 20.8 Å². The molecular formula is C32H52N2O12P+. The van der Waals surface area contributed by atoms with Gasteiger partial charge in [-0.3, -0.25) is 38.3 Å². The number of unbranched alkanes of at least 4 members (excludes halogenated alkanes) is 1. The number of hydrogen-bond acceptors (Lipinski definition) is 11. The minimum absolute atomic E-state index is 0.0176. The average Bonchev–Trinajstić information content (AvgIpc) is 2.97. The number of nitrogens with zero attached hydrogens (tertiary/aromatic N) is 2. The van der Waals surface area contributed by atoms with Crippen molar-refractivity contribution in [3.8, 4) is 0 Å². The fraction of sp³-hybridized carbons (Fsp3) is 0.688. The van der Waals surface area contributed by atoms with Crippen LogP contribution >= 0.6 is 7.82 Å². The van der Waals surface area contributed by atoms with Gasteiger partial charge < -0.3 is 18.9 Å². The largest absolute Gasteiger partial charge is 0.472 e. The molecule has 0 bridgehead atoms. The highest BCUT2D eigenvalue weighted by atomic mass is 31.2. The van der Waals surface area contributed by atoms with Crippen LogP contribution in [0, 0.1) is 26.4 Å². The van der Waals surface area contributed by atoms with Crippen molar-refractivity contribution >= 4 is 37.0 Å². The van der Waals surface area contributed by atoms with Crippen molar-refractivity contribution in [1.29, 1.82) is 0 Å². The lowest BCUT2D eigenvalue weighted by Crippen LogP contribution is -2.45. The number of ether oxygens (including phenoxy) is 2. The molecule has 0 aromatic heterocycles. The molecule has 1 aromatic carbocycles. The monoisotopic (exact) mass is 687 g/mol. The van der Waals surface area contributed by atoms with E-state index in [0.717, 1.165) is 18.6 Å². The van der Waals surface area contributed by atoms with Crippen molar-refractivity contribution in [3.63, 3.8) is 0 Å². The fourth-order valence-electron chi connectivity index (χ4n) is 5.05. The average molecular weight is 688 g/mol. The molecule has 1 rings (SSSR count). The number of quaternary nitrogens is 1. The predicted molar refractivity (Wildman–Crippen MR) is 173 cm³/mol. The molecule has 0 aliphatic heterocycles. The van der Waals surface area contributed by atoms with Gasteiger partial charge >= 0.3 is 19.8 Å². The summed E-state index contributed by atoms with van der Waals surface area (Å²) in [5.41, 5.74) is -4.36. The van der Waals surface area contributed by atoms with Crippen LogP contribution in [0.25, 0.3) is 0 Å². The Labute approximate surface area is 277 Å². The van der Waals surface area contributed by atoms with Crippen LogP contribution in [0.4, 0.5) is 5.69 Å². The normalized spacial score (nSPS) is 15.9. The van der Waals surface area contributed by atoms with Crippen molar-refractivity contribution < 1.29 is 56.6 Å². The lowest BCUT2D eigenvalue weighted by atomic mass is 9.63. The van der Waals surface area contributed by atoms with E-state index in [0.29, 0.717) is 17.4 Å². The van der Waals surface area contributed by atoms with Crippen molar-refractivity contribution in [1.82, 2.24) is 0 Å². The third-order valence-electron chi connectivity index (χ3n) is 7.86. The number of likely N-dealkylation sites (N-methyl/N-ethyl adjacent to an activating group) is 1. The number of phosphoric acid groups is 1. The summed E-state index contributed by atoms with van der Waals surface area (Å²) >= 11 is 0. The molecule has 0 spiro atoms. The van der Waals surface area contributed by atoms with Crippen LogP contribution in [-0.4, -0.2) is 91.9 Å². The number of non-ortho nitro benzene ring substituents is 1. The number of Topliss-reactive ketones (excluding diaryl/α,β-unsaturated/α-hetero) is 2. The fourth-order valence-corrected chi connectivity index (χ4v) is 5.74. The number of hydrogen-bond donors (Lipinski definition) is 1. The van der Waals surface area contributed by atoms with Gasteiger partial charge in [-0.2, -0.15) is 0 Å². The Bertz CT molecular complexity index is 1310. The number of rotatable bonds is 22. The molecule has 1 aromatic rings. The number of nitro benzene ring substituents is 1. The zero-order valence-corrected chi connectivity index (χ0v) is 30.1. The molecule has 14 nitrogen and oxygen atoms in total. The van der Waals surface area contributed by atoms with Gasteiger partial charge in [0.25, 0.3) is 5.69 Å². The maximum atomic E-state index is 13.6. The molecule has 0 saturated heterocycles. The number of phosphoric ester groups is 1. The van der Waals surface area contributed by atoms with E-state index >= 15 is 0 Å². The molecule has 266 valence electrons. The van der Waals surface area contributed by atoms with Gasteiger partial charge in [0, 0.05) is 23.1 Å². The third kappa shape index (κ3) is 13.5. The first kappa shape index (κ1) is 42.0. The minimum Gasteiger partial charge on any atom is -0.465 e. The van der Waals surface area contributed by atoms with Gasteiger partial charge in [0.15, 0.2) is 0 Å². The van der Waals surface area contributed by atoms with Gasteiger partial charge in [0.2, 0.25) is 11.6 Å².